The van der Waals surface area contributed by atoms with Gasteiger partial charge in [0.2, 0.25) is 0 Å². The third kappa shape index (κ3) is 21.5. The van der Waals surface area contributed by atoms with Crippen LogP contribution in [0.15, 0.2) is 182 Å². The summed E-state index contributed by atoms with van der Waals surface area (Å²) in [7, 11) is 0. The molecule has 0 aliphatic heterocycles. The maximum absolute atomic E-state index is 10.0. The molecule has 0 heterocycles. The molecule has 6 heteroatoms. The minimum Gasteiger partial charge on any atom is -0.481 e. The number of unbranched alkanes of at least 4 members (excludes halogenated alkanes) is 3. The number of aliphatic carboxylic acids is 2. The van der Waals surface area contributed by atoms with Gasteiger partial charge in [0.25, 0.3) is 0 Å². The summed E-state index contributed by atoms with van der Waals surface area (Å²) in [6.07, 6.45) is 3.28. The van der Waals surface area contributed by atoms with Gasteiger partial charge < -0.3 is 10.2 Å². The zero-order valence-corrected chi connectivity index (χ0v) is 53.2. The van der Waals surface area contributed by atoms with E-state index in [9.17, 15) is 9.59 Å². The van der Waals surface area contributed by atoms with Crippen LogP contribution in [0.25, 0.3) is 0 Å². The number of hydrogen-bond acceptors (Lipinski definition) is 2. The molecule has 396 valence electrons. The van der Waals surface area contributed by atoms with Crippen LogP contribution in [-0.2, 0) is 42.1 Å². The number of rotatable bonds is 25. The van der Waals surface area contributed by atoms with E-state index < -0.39 is 51.5 Å². The van der Waals surface area contributed by atoms with Gasteiger partial charge in [-0.2, -0.15) is 0 Å². The Morgan fingerprint density at radius 3 is 0.568 bits per heavy atom. The molecule has 0 spiro atoms. The van der Waals surface area contributed by atoms with Crippen LogP contribution in [0.3, 0.4) is 0 Å². The van der Waals surface area contributed by atoms with E-state index in [0.29, 0.717) is 12.8 Å². The third-order valence-electron chi connectivity index (χ3n) is 15.0. The van der Waals surface area contributed by atoms with E-state index in [-0.39, 0.29) is 45.3 Å². The Morgan fingerprint density at radius 1 is 0.284 bits per heavy atom. The van der Waals surface area contributed by atoms with Crippen LogP contribution in [0, 0.1) is 0 Å². The molecule has 0 saturated heterocycles. The summed E-state index contributed by atoms with van der Waals surface area (Å²) in [5.74, 6) is -1.57. The molecule has 0 aliphatic rings. The van der Waals surface area contributed by atoms with Crippen LogP contribution >= 0.6 is 0 Å². The van der Waals surface area contributed by atoms with Gasteiger partial charge in [0.15, 0.2) is 0 Å². The largest absolute Gasteiger partial charge is 0.481 e. The van der Waals surface area contributed by atoms with Crippen molar-refractivity contribution in [2.24, 2.45) is 0 Å². The fourth-order valence-electron chi connectivity index (χ4n) is 11.0. The topological polar surface area (TPSA) is 74.6 Å². The van der Waals surface area contributed by atoms with Gasteiger partial charge in [0, 0.05) is 12.8 Å². The molecule has 0 saturated carbocycles. The normalized spacial score (nSPS) is 12.4. The van der Waals surface area contributed by atoms with E-state index in [1.807, 2.05) is 0 Å². The van der Waals surface area contributed by atoms with Crippen molar-refractivity contribution in [3.8, 4) is 0 Å². The third-order valence-corrected chi connectivity index (χ3v) is 38.7. The average Bonchev–Trinajstić information content (AvgIpc) is 3.36. The van der Waals surface area contributed by atoms with E-state index in [2.05, 4.69) is 265 Å². The molecular formula is C68H92O4Sn2. The molecule has 74 heavy (non-hydrogen) atoms. The first-order valence-electron chi connectivity index (χ1n) is 27.3. The molecule has 6 aromatic rings. The predicted octanol–water partition coefficient (Wildman–Crippen LogP) is 18.3. The minimum atomic E-state index is -1.84. The molecule has 4 nitrogen and oxygen atoms in total. The molecule has 0 bridgehead atoms. The SMILES string of the molecule is CC(C)([CH2][Sn]([CH2]C(C)(C)c1ccccc1)[CH2]C(C)(C)c1ccccc1)c1ccccc1.CC(C)([CH2][Sn]([CH2]C(C)(C)c1ccccc1)[CH2]C(C)(C)c1ccccc1)c1ccccc1.O=C(O)CCCCCCC(=O)O. The second-order valence-electron chi connectivity index (χ2n) is 24.8. The predicted molar refractivity (Wildman–Crippen MR) is 320 cm³/mol. The summed E-state index contributed by atoms with van der Waals surface area (Å²) in [6, 6.07) is 67.1. The van der Waals surface area contributed by atoms with Crippen molar-refractivity contribution in [1.29, 1.82) is 0 Å². The Balaban J connectivity index is 0.000000264. The molecule has 0 amide bonds. The van der Waals surface area contributed by atoms with E-state index in [4.69, 9.17) is 10.2 Å². The van der Waals surface area contributed by atoms with Crippen LogP contribution in [0.5, 0.6) is 0 Å². The molecule has 0 unspecified atom stereocenters. The molecule has 0 atom stereocenters. The zero-order chi connectivity index (χ0) is 54.5. The van der Waals surface area contributed by atoms with Crippen LogP contribution in [0.1, 0.15) is 155 Å². The fraction of sp³-hybridized carbons (Fsp3) is 0.441. The number of carbonyl (C=O) groups is 2. The van der Waals surface area contributed by atoms with Gasteiger partial charge >= 0.3 is 409 Å². The number of carboxylic acids is 2. The Bertz CT molecular complexity index is 2070. The Hall–Kier alpha value is -4.14. The molecule has 0 aliphatic carbocycles. The van der Waals surface area contributed by atoms with Crippen molar-refractivity contribution >= 4 is 51.5 Å². The Kier molecular flexibility index (Phi) is 24.8. The minimum absolute atomic E-state index is 0.188. The fourth-order valence-corrected chi connectivity index (χ4v) is 38.0. The number of carboxylic acid groups (broad SMARTS) is 2. The van der Waals surface area contributed by atoms with Gasteiger partial charge in [0.05, 0.1) is 0 Å². The monoisotopic (exact) mass is 1210 g/mol. The molecular weight excluding hydrogens is 1120 g/mol. The van der Waals surface area contributed by atoms with Crippen molar-refractivity contribution in [3.05, 3.63) is 215 Å². The summed E-state index contributed by atoms with van der Waals surface area (Å²) < 4.78 is 8.28. The van der Waals surface area contributed by atoms with E-state index in [1.165, 1.54) is 60.0 Å². The van der Waals surface area contributed by atoms with Gasteiger partial charge in [-0.25, -0.2) is 0 Å². The van der Waals surface area contributed by atoms with Crippen molar-refractivity contribution < 1.29 is 19.8 Å². The summed E-state index contributed by atoms with van der Waals surface area (Å²) in [5.41, 5.74) is 10.3. The van der Waals surface area contributed by atoms with E-state index in [1.54, 1.807) is 0 Å². The smallest absolute Gasteiger partial charge is 0.303 e. The van der Waals surface area contributed by atoms with Crippen molar-refractivity contribution in [1.82, 2.24) is 0 Å². The van der Waals surface area contributed by atoms with Gasteiger partial charge in [0.1, 0.15) is 0 Å². The van der Waals surface area contributed by atoms with Gasteiger partial charge in [-0.15, -0.1) is 0 Å². The zero-order valence-electron chi connectivity index (χ0n) is 47.5. The van der Waals surface area contributed by atoms with Crippen molar-refractivity contribution in [2.75, 3.05) is 0 Å². The van der Waals surface area contributed by atoms with Crippen LogP contribution in [-0.4, -0.2) is 61.7 Å². The maximum atomic E-state index is 10.0. The van der Waals surface area contributed by atoms with Gasteiger partial charge in [-0.3, -0.25) is 9.59 Å². The number of hydrogen-bond donors (Lipinski definition) is 2. The second kappa shape index (κ2) is 29.4. The first kappa shape index (κ1) is 62.4. The van der Waals surface area contributed by atoms with Crippen LogP contribution in [0.2, 0.25) is 26.6 Å². The maximum Gasteiger partial charge on any atom is 0.303 e. The van der Waals surface area contributed by atoms with Crippen LogP contribution in [0.4, 0.5) is 0 Å². The molecule has 6 aromatic carbocycles. The summed E-state index contributed by atoms with van der Waals surface area (Å²) in [4.78, 5) is 20.1. The van der Waals surface area contributed by atoms with Crippen LogP contribution < -0.4 is 0 Å². The van der Waals surface area contributed by atoms with Crippen molar-refractivity contribution in [2.45, 2.75) is 181 Å². The van der Waals surface area contributed by atoms with Gasteiger partial charge in [-0.1, -0.05) is 12.8 Å². The van der Waals surface area contributed by atoms with Crippen molar-refractivity contribution in [3.63, 3.8) is 0 Å². The van der Waals surface area contributed by atoms with Gasteiger partial charge in [-0.05, 0) is 12.8 Å². The summed E-state index contributed by atoms with van der Waals surface area (Å²) in [6.45, 7) is 29.6. The molecule has 2 N–H and O–H groups in total. The first-order valence-corrected chi connectivity index (χ1v) is 39.4. The first-order chi connectivity index (χ1) is 34.8. The van der Waals surface area contributed by atoms with E-state index in [0.717, 1.165) is 12.8 Å². The quantitative estimate of drug-likeness (QED) is 0.0442. The average molecular weight is 1210 g/mol. The Morgan fingerprint density at radius 2 is 0.432 bits per heavy atom. The Labute approximate surface area is 463 Å². The summed E-state index contributed by atoms with van der Waals surface area (Å²) in [5, 5.41) is 16.5. The second-order valence-corrected chi connectivity index (χ2v) is 39.4. The number of benzene rings is 6. The summed E-state index contributed by atoms with van der Waals surface area (Å²) >= 11 is -3.68. The molecule has 0 aromatic heterocycles. The standard InChI is InChI=1S/6C10H13.C8H14O4.2Sn/c6*1-10(2,3)9-7-5-4-6-8-9;9-7(10)5-3-1-2-4-6-8(11)12;;/h6*4-8H,1H2,2-3H3;1-6H2,(H,9,10)(H,11,12);;. The molecule has 2 radical (unpaired) electrons. The van der Waals surface area contributed by atoms with E-state index >= 15 is 0 Å². The molecule has 6 rings (SSSR count). The molecule has 0 fully saturated rings.